The number of ether oxygens (including phenoxy) is 1. The molecule has 1 atom stereocenters. The number of anilines is 1. The maximum absolute atomic E-state index is 10.0. The second kappa shape index (κ2) is 8.16. The molecule has 0 spiro atoms. The van der Waals surface area contributed by atoms with Gasteiger partial charge in [-0.25, -0.2) is 0 Å². The molecule has 1 fully saturated rings. The van der Waals surface area contributed by atoms with E-state index in [1.165, 1.54) is 18.4 Å². The molecule has 2 rings (SSSR count). The normalized spacial score (nSPS) is 23.8. The van der Waals surface area contributed by atoms with Crippen LogP contribution in [0.15, 0.2) is 22.7 Å². The fourth-order valence-corrected chi connectivity index (χ4v) is 3.23. The van der Waals surface area contributed by atoms with Crippen LogP contribution in [0.4, 0.5) is 5.69 Å². The number of benzene rings is 1. The highest BCUT2D eigenvalue weighted by Gasteiger charge is 2.19. The first-order chi connectivity index (χ1) is 10.0. The van der Waals surface area contributed by atoms with Gasteiger partial charge in [-0.3, -0.25) is 0 Å². The topological polar surface area (TPSA) is 41.5 Å². The summed E-state index contributed by atoms with van der Waals surface area (Å²) in [5.74, 6) is 0.830. The van der Waals surface area contributed by atoms with E-state index >= 15 is 0 Å². The molecule has 1 saturated carbocycles. The fraction of sp³-hybridized carbons (Fsp3) is 0.647. The number of aliphatic hydroxyl groups is 1. The summed E-state index contributed by atoms with van der Waals surface area (Å²) in [4.78, 5) is 0. The predicted octanol–water partition coefficient (Wildman–Crippen LogP) is 4.13. The van der Waals surface area contributed by atoms with Crippen LogP contribution in [0.1, 0.15) is 38.2 Å². The van der Waals surface area contributed by atoms with Gasteiger partial charge in [-0.1, -0.05) is 22.9 Å². The average molecular weight is 356 g/mol. The number of nitrogens with one attached hydrogen (secondary N) is 1. The summed E-state index contributed by atoms with van der Waals surface area (Å²) in [5.41, 5.74) is 2.22. The molecule has 0 radical (unpaired) electrons. The third-order valence-corrected chi connectivity index (χ3v) is 4.70. The Morgan fingerprint density at radius 2 is 2.05 bits per heavy atom. The standard InChI is InChI=1S/C17H26BrNO2/c1-12-3-6-16(7-4-12)21-11-15(20)10-19-17-8-5-14(18)9-13(17)2/h5,8-9,12,15-16,19-20H,3-4,6-7,10-11H2,1-2H3. The number of halogens is 1. The van der Waals surface area contributed by atoms with Gasteiger partial charge in [0.05, 0.1) is 18.8 Å². The highest BCUT2D eigenvalue weighted by molar-refractivity contribution is 9.10. The van der Waals surface area contributed by atoms with Crippen molar-refractivity contribution >= 4 is 21.6 Å². The Morgan fingerprint density at radius 1 is 1.33 bits per heavy atom. The van der Waals surface area contributed by atoms with Crippen LogP contribution < -0.4 is 5.32 Å². The van der Waals surface area contributed by atoms with Crippen molar-refractivity contribution in [2.24, 2.45) is 5.92 Å². The molecule has 1 aromatic carbocycles. The molecule has 0 bridgehead atoms. The second-order valence-corrected chi connectivity index (χ2v) is 7.12. The first-order valence-electron chi connectivity index (χ1n) is 7.84. The quantitative estimate of drug-likeness (QED) is 0.806. The molecule has 0 amide bonds. The average Bonchev–Trinajstić information content (AvgIpc) is 2.46. The van der Waals surface area contributed by atoms with Gasteiger partial charge in [-0.15, -0.1) is 0 Å². The smallest absolute Gasteiger partial charge is 0.0945 e. The molecule has 0 aliphatic heterocycles. The van der Waals surface area contributed by atoms with Gasteiger partial charge >= 0.3 is 0 Å². The molecule has 118 valence electrons. The van der Waals surface area contributed by atoms with Crippen LogP contribution in [0, 0.1) is 12.8 Å². The molecule has 1 unspecified atom stereocenters. The van der Waals surface area contributed by atoms with E-state index in [1.807, 2.05) is 12.1 Å². The van der Waals surface area contributed by atoms with Gasteiger partial charge in [0.2, 0.25) is 0 Å². The van der Waals surface area contributed by atoms with Crippen molar-refractivity contribution in [1.29, 1.82) is 0 Å². The second-order valence-electron chi connectivity index (χ2n) is 6.21. The van der Waals surface area contributed by atoms with E-state index in [1.54, 1.807) is 0 Å². The number of hydrogen-bond acceptors (Lipinski definition) is 3. The highest BCUT2D eigenvalue weighted by atomic mass is 79.9. The van der Waals surface area contributed by atoms with Crippen LogP contribution in [0.2, 0.25) is 0 Å². The van der Waals surface area contributed by atoms with Gasteiger partial charge < -0.3 is 15.2 Å². The molecule has 3 nitrogen and oxygen atoms in total. The Hall–Kier alpha value is -0.580. The number of aliphatic hydroxyl groups excluding tert-OH is 1. The zero-order chi connectivity index (χ0) is 15.2. The van der Waals surface area contributed by atoms with E-state index in [4.69, 9.17) is 4.74 Å². The summed E-state index contributed by atoms with van der Waals surface area (Å²) >= 11 is 3.45. The Balaban J connectivity index is 1.68. The lowest BCUT2D eigenvalue weighted by molar-refractivity contribution is -0.0245. The molecule has 0 heterocycles. The van der Waals surface area contributed by atoms with E-state index in [2.05, 4.69) is 41.2 Å². The summed E-state index contributed by atoms with van der Waals surface area (Å²) in [7, 11) is 0. The van der Waals surface area contributed by atoms with Crippen LogP contribution >= 0.6 is 15.9 Å². The zero-order valence-electron chi connectivity index (χ0n) is 12.9. The van der Waals surface area contributed by atoms with Crippen LogP contribution in [0.5, 0.6) is 0 Å². The lowest BCUT2D eigenvalue weighted by atomic mass is 9.89. The van der Waals surface area contributed by atoms with Crippen molar-refractivity contribution in [3.05, 3.63) is 28.2 Å². The molecule has 21 heavy (non-hydrogen) atoms. The first-order valence-corrected chi connectivity index (χ1v) is 8.63. The van der Waals surface area contributed by atoms with Crippen molar-refractivity contribution < 1.29 is 9.84 Å². The van der Waals surface area contributed by atoms with E-state index in [-0.39, 0.29) is 0 Å². The van der Waals surface area contributed by atoms with Crippen molar-refractivity contribution in [1.82, 2.24) is 0 Å². The fourth-order valence-electron chi connectivity index (χ4n) is 2.76. The minimum absolute atomic E-state index is 0.338. The monoisotopic (exact) mass is 355 g/mol. The van der Waals surface area contributed by atoms with Crippen molar-refractivity contribution in [2.75, 3.05) is 18.5 Å². The number of aryl methyl sites for hydroxylation is 1. The minimum atomic E-state index is -0.465. The Labute approximate surface area is 136 Å². The van der Waals surface area contributed by atoms with Crippen molar-refractivity contribution in [3.63, 3.8) is 0 Å². The molecule has 0 saturated heterocycles. The molecular weight excluding hydrogens is 330 g/mol. The van der Waals surface area contributed by atoms with Crippen molar-refractivity contribution in [2.45, 2.75) is 51.7 Å². The summed E-state index contributed by atoms with van der Waals surface area (Å²) in [6, 6.07) is 6.09. The third kappa shape index (κ3) is 5.61. The van der Waals surface area contributed by atoms with E-state index in [0.717, 1.165) is 28.9 Å². The lowest BCUT2D eigenvalue weighted by Gasteiger charge is -2.27. The third-order valence-electron chi connectivity index (χ3n) is 4.20. The van der Waals surface area contributed by atoms with Gasteiger partial charge in [-0.05, 0) is 62.3 Å². The maximum atomic E-state index is 10.0. The minimum Gasteiger partial charge on any atom is -0.389 e. The van der Waals surface area contributed by atoms with Gasteiger partial charge in [0.1, 0.15) is 0 Å². The van der Waals surface area contributed by atoms with Crippen molar-refractivity contribution in [3.8, 4) is 0 Å². The summed E-state index contributed by atoms with van der Waals surface area (Å²) in [6.45, 7) is 5.29. The van der Waals surface area contributed by atoms with E-state index < -0.39 is 6.10 Å². The summed E-state index contributed by atoms with van der Waals surface area (Å²) in [6.07, 6.45) is 4.63. The summed E-state index contributed by atoms with van der Waals surface area (Å²) in [5, 5.41) is 13.3. The molecule has 4 heteroatoms. The van der Waals surface area contributed by atoms with Crippen LogP contribution in [0.25, 0.3) is 0 Å². The van der Waals surface area contributed by atoms with Gasteiger partial charge in [-0.2, -0.15) is 0 Å². The number of hydrogen-bond donors (Lipinski definition) is 2. The van der Waals surface area contributed by atoms with Gasteiger partial charge in [0.25, 0.3) is 0 Å². The van der Waals surface area contributed by atoms with Crippen LogP contribution in [-0.2, 0) is 4.74 Å². The SMILES string of the molecule is Cc1cc(Br)ccc1NCC(O)COC1CCC(C)CC1. The predicted molar refractivity (Wildman–Crippen MR) is 90.7 cm³/mol. The van der Waals surface area contributed by atoms with E-state index in [9.17, 15) is 5.11 Å². The van der Waals surface area contributed by atoms with Crippen LogP contribution in [0.3, 0.4) is 0 Å². The largest absolute Gasteiger partial charge is 0.389 e. The summed E-state index contributed by atoms with van der Waals surface area (Å²) < 4.78 is 6.90. The lowest BCUT2D eigenvalue weighted by Crippen LogP contribution is -2.29. The van der Waals surface area contributed by atoms with Gasteiger partial charge in [0.15, 0.2) is 0 Å². The van der Waals surface area contributed by atoms with E-state index in [0.29, 0.717) is 19.3 Å². The Kier molecular flexibility index (Phi) is 6.52. The van der Waals surface area contributed by atoms with Crippen LogP contribution in [-0.4, -0.2) is 30.5 Å². The van der Waals surface area contributed by atoms with Gasteiger partial charge in [0, 0.05) is 16.7 Å². The zero-order valence-corrected chi connectivity index (χ0v) is 14.5. The highest BCUT2D eigenvalue weighted by Crippen LogP contribution is 2.25. The first kappa shape index (κ1) is 16.8. The molecule has 0 aromatic heterocycles. The molecule has 1 aliphatic rings. The number of rotatable bonds is 6. The molecular formula is C17H26BrNO2. The molecule has 2 N–H and O–H groups in total. The Bertz CT molecular complexity index is 444. The molecule has 1 aliphatic carbocycles. The Morgan fingerprint density at radius 3 is 2.71 bits per heavy atom. The maximum Gasteiger partial charge on any atom is 0.0945 e. The molecule has 1 aromatic rings.